The van der Waals surface area contributed by atoms with E-state index in [1.807, 2.05) is 52.0 Å². The minimum atomic E-state index is -4.24. The number of benzene rings is 3. The van der Waals surface area contributed by atoms with E-state index < -0.39 is 28.5 Å². The van der Waals surface area contributed by atoms with Crippen LogP contribution in [0.25, 0.3) is 0 Å². The summed E-state index contributed by atoms with van der Waals surface area (Å²) in [5.74, 6) is -0.845. The van der Waals surface area contributed by atoms with Gasteiger partial charge in [-0.25, -0.2) is 8.42 Å². The number of anilines is 1. The molecule has 0 bridgehead atoms. The van der Waals surface area contributed by atoms with Gasteiger partial charge in [0.1, 0.15) is 12.6 Å². The molecule has 3 rings (SSSR count). The van der Waals surface area contributed by atoms with E-state index in [0.29, 0.717) is 6.42 Å². The zero-order valence-corrected chi connectivity index (χ0v) is 25.4. The lowest BCUT2D eigenvalue weighted by atomic mass is 10.1. The van der Waals surface area contributed by atoms with Crippen molar-refractivity contribution in [2.24, 2.45) is 0 Å². The van der Waals surface area contributed by atoms with Crippen LogP contribution in [-0.2, 0) is 26.2 Å². The summed E-state index contributed by atoms with van der Waals surface area (Å²) in [7, 11) is -4.24. The second-order valence-corrected chi connectivity index (χ2v) is 12.2. The van der Waals surface area contributed by atoms with Crippen LogP contribution < -0.4 is 9.62 Å². The van der Waals surface area contributed by atoms with Gasteiger partial charge in [-0.05, 0) is 62.1 Å². The quantitative estimate of drug-likeness (QED) is 0.266. The molecule has 0 saturated heterocycles. The Morgan fingerprint density at radius 3 is 2.17 bits per heavy atom. The lowest BCUT2D eigenvalue weighted by Crippen LogP contribution is -2.53. The Labute approximate surface area is 247 Å². The number of nitrogens with zero attached hydrogens (tertiary/aromatic N) is 2. The first-order valence-electron chi connectivity index (χ1n) is 13.2. The molecule has 3 aromatic rings. The standard InChI is InChI=1S/C30H35Cl2N3O4S/c1-5-22(4)33-30(37)26(6-2)34(19-23-14-11-10-13-21(23)3)28(36)20-35(27-18-12-17-25(31)29(27)32)40(38,39)24-15-8-7-9-16-24/h7-18,22,26H,5-6,19-20H2,1-4H3,(H,33,37)/t22-,26-/m0/s1. The molecule has 0 saturated carbocycles. The lowest BCUT2D eigenvalue weighted by molar-refractivity contribution is -0.140. The van der Waals surface area contributed by atoms with E-state index in [4.69, 9.17) is 23.2 Å². The average Bonchev–Trinajstić information content (AvgIpc) is 2.94. The first kappa shape index (κ1) is 31.5. The fourth-order valence-corrected chi connectivity index (χ4v) is 6.14. The van der Waals surface area contributed by atoms with Gasteiger partial charge in [0, 0.05) is 12.6 Å². The molecule has 0 radical (unpaired) electrons. The van der Waals surface area contributed by atoms with Crippen LogP contribution in [0.2, 0.25) is 10.0 Å². The molecule has 1 N–H and O–H groups in total. The van der Waals surface area contributed by atoms with E-state index in [-0.39, 0.29) is 39.1 Å². The van der Waals surface area contributed by atoms with Crippen molar-refractivity contribution in [2.75, 3.05) is 10.8 Å². The third-order valence-electron chi connectivity index (χ3n) is 6.80. The Hall–Kier alpha value is -3.07. The van der Waals surface area contributed by atoms with Crippen LogP contribution >= 0.6 is 23.2 Å². The van der Waals surface area contributed by atoms with Gasteiger partial charge in [-0.2, -0.15) is 0 Å². The van der Waals surface area contributed by atoms with E-state index in [1.54, 1.807) is 30.3 Å². The molecule has 2 atom stereocenters. The van der Waals surface area contributed by atoms with Crippen molar-refractivity contribution in [1.29, 1.82) is 0 Å². The third kappa shape index (κ3) is 7.36. The largest absolute Gasteiger partial charge is 0.352 e. The number of hydrogen-bond donors (Lipinski definition) is 1. The number of halogens is 2. The van der Waals surface area contributed by atoms with Gasteiger partial charge < -0.3 is 10.2 Å². The van der Waals surface area contributed by atoms with Gasteiger partial charge in [-0.1, -0.05) is 85.6 Å². The average molecular weight is 605 g/mol. The van der Waals surface area contributed by atoms with Crippen molar-refractivity contribution >= 4 is 50.7 Å². The van der Waals surface area contributed by atoms with Crippen LogP contribution in [0, 0.1) is 6.92 Å². The van der Waals surface area contributed by atoms with Gasteiger partial charge in [-0.15, -0.1) is 0 Å². The lowest BCUT2D eigenvalue weighted by Gasteiger charge is -2.34. The van der Waals surface area contributed by atoms with Gasteiger partial charge in [-0.3, -0.25) is 13.9 Å². The highest BCUT2D eigenvalue weighted by Crippen LogP contribution is 2.35. The van der Waals surface area contributed by atoms with Gasteiger partial charge >= 0.3 is 0 Å². The van der Waals surface area contributed by atoms with Gasteiger partial charge in [0.2, 0.25) is 11.8 Å². The van der Waals surface area contributed by atoms with Crippen molar-refractivity contribution in [3.63, 3.8) is 0 Å². The van der Waals surface area contributed by atoms with Crippen molar-refractivity contribution in [2.45, 2.75) is 64.1 Å². The summed E-state index contributed by atoms with van der Waals surface area (Å²) in [6, 6.07) is 19.1. The maximum absolute atomic E-state index is 14.1. The smallest absolute Gasteiger partial charge is 0.264 e. The molecular formula is C30H35Cl2N3O4S. The molecule has 2 amide bonds. The summed E-state index contributed by atoms with van der Waals surface area (Å²) in [5.41, 5.74) is 1.87. The number of nitrogens with one attached hydrogen (secondary N) is 1. The second-order valence-electron chi connectivity index (χ2n) is 9.59. The first-order chi connectivity index (χ1) is 19.0. The number of hydrogen-bond acceptors (Lipinski definition) is 4. The minimum absolute atomic E-state index is 0.00322. The molecule has 3 aromatic carbocycles. The van der Waals surface area contributed by atoms with Crippen LogP contribution in [0.15, 0.2) is 77.7 Å². The van der Waals surface area contributed by atoms with Crippen molar-refractivity contribution in [1.82, 2.24) is 10.2 Å². The summed E-state index contributed by atoms with van der Waals surface area (Å²) >= 11 is 12.7. The highest BCUT2D eigenvalue weighted by Gasteiger charge is 2.35. The molecule has 10 heteroatoms. The molecule has 0 aromatic heterocycles. The Morgan fingerprint density at radius 2 is 1.55 bits per heavy atom. The molecule has 40 heavy (non-hydrogen) atoms. The van der Waals surface area contributed by atoms with Gasteiger partial charge in [0.05, 0.1) is 20.6 Å². The summed E-state index contributed by atoms with van der Waals surface area (Å²) < 4.78 is 28.8. The van der Waals surface area contributed by atoms with Crippen LogP contribution in [0.3, 0.4) is 0 Å². The van der Waals surface area contributed by atoms with Gasteiger partial charge in [0.25, 0.3) is 10.0 Å². The van der Waals surface area contributed by atoms with E-state index in [0.717, 1.165) is 21.9 Å². The predicted octanol–water partition coefficient (Wildman–Crippen LogP) is 6.22. The molecule has 0 unspecified atom stereocenters. The fraction of sp³-hybridized carbons (Fsp3) is 0.333. The summed E-state index contributed by atoms with van der Waals surface area (Å²) in [6.07, 6.45) is 1.06. The minimum Gasteiger partial charge on any atom is -0.352 e. The fourth-order valence-electron chi connectivity index (χ4n) is 4.25. The molecule has 0 aliphatic carbocycles. The molecule has 0 heterocycles. The topological polar surface area (TPSA) is 86.8 Å². The summed E-state index contributed by atoms with van der Waals surface area (Å²) in [5, 5.41) is 3.12. The zero-order chi connectivity index (χ0) is 29.4. The Morgan fingerprint density at radius 1 is 0.900 bits per heavy atom. The molecular weight excluding hydrogens is 569 g/mol. The van der Waals surface area contributed by atoms with Crippen LogP contribution in [0.5, 0.6) is 0 Å². The van der Waals surface area contributed by atoms with E-state index in [2.05, 4.69) is 5.32 Å². The van der Waals surface area contributed by atoms with E-state index in [9.17, 15) is 18.0 Å². The maximum Gasteiger partial charge on any atom is 0.264 e. The molecule has 0 aliphatic rings. The highest BCUT2D eigenvalue weighted by atomic mass is 35.5. The molecule has 0 aliphatic heterocycles. The van der Waals surface area contributed by atoms with E-state index in [1.165, 1.54) is 23.1 Å². The number of carbonyl (C=O) groups excluding carboxylic acids is 2. The number of aryl methyl sites for hydroxylation is 1. The maximum atomic E-state index is 14.1. The number of amides is 2. The molecule has 214 valence electrons. The summed E-state index contributed by atoms with van der Waals surface area (Å²) in [4.78, 5) is 28.9. The second kappa shape index (κ2) is 14.0. The van der Waals surface area contributed by atoms with Crippen molar-refractivity contribution in [3.05, 3.63) is 94.0 Å². The van der Waals surface area contributed by atoms with Crippen LogP contribution in [0.4, 0.5) is 5.69 Å². The number of rotatable bonds is 12. The summed E-state index contributed by atoms with van der Waals surface area (Å²) in [6.45, 7) is 7.15. The monoisotopic (exact) mass is 603 g/mol. The number of sulfonamides is 1. The highest BCUT2D eigenvalue weighted by molar-refractivity contribution is 7.92. The first-order valence-corrected chi connectivity index (χ1v) is 15.4. The Balaban J connectivity index is 2.10. The normalized spacial score (nSPS) is 12.8. The number of carbonyl (C=O) groups is 2. The van der Waals surface area contributed by atoms with Crippen molar-refractivity contribution < 1.29 is 18.0 Å². The van der Waals surface area contributed by atoms with E-state index >= 15 is 0 Å². The molecule has 0 fully saturated rings. The Bertz CT molecular complexity index is 1430. The van der Waals surface area contributed by atoms with Crippen molar-refractivity contribution in [3.8, 4) is 0 Å². The van der Waals surface area contributed by atoms with Gasteiger partial charge in [0.15, 0.2) is 0 Å². The SMILES string of the molecule is CC[C@H](C)NC(=O)[C@H](CC)N(Cc1ccccc1C)C(=O)CN(c1cccc(Cl)c1Cl)S(=O)(=O)c1ccccc1. The van der Waals surface area contributed by atoms with Crippen LogP contribution in [-0.4, -0.2) is 43.8 Å². The Kier molecular flexibility index (Phi) is 11.0. The van der Waals surface area contributed by atoms with Crippen LogP contribution in [0.1, 0.15) is 44.7 Å². The zero-order valence-electron chi connectivity index (χ0n) is 23.1. The predicted molar refractivity (Wildman–Crippen MR) is 161 cm³/mol. The molecule has 0 spiro atoms. The molecule has 7 nitrogen and oxygen atoms in total. The third-order valence-corrected chi connectivity index (χ3v) is 9.38.